The van der Waals surface area contributed by atoms with E-state index in [1.807, 2.05) is 57.3 Å². The van der Waals surface area contributed by atoms with Crippen molar-refractivity contribution in [3.8, 4) is 0 Å². The van der Waals surface area contributed by atoms with Crippen molar-refractivity contribution in [3.05, 3.63) is 71.9 Å². The molecule has 0 aliphatic heterocycles. The first-order valence-corrected chi connectivity index (χ1v) is 10.0. The molecular weight excluding hydrogens is 362 g/mol. The molecule has 0 radical (unpaired) electrons. The highest BCUT2D eigenvalue weighted by molar-refractivity contribution is 5.85. The first kappa shape index (κ1) is 20.6. The van der Waals surface area contributed by atoms with Gasteiger partial charge in [0.2, 0.25) is 11.8 Å². The summed E-state index contributed by atoms with van der Waals surface area (Å²) < 4.78 is 0. The fourth-order valence-electron chi connectivity index (χ4n) is 3.33. The maximum absolute atomic E-state index is 12.4. The number of H-pyrrole nitrogens is 1. The lowest BCUT2D eigenvalue weighted by molar-refractivity contribution is -0.128. The summed E-state index contributed by atoms with van der Waals surface area (Å²) >= 11 is 0. The second kappa shape index (κ2) is 8.95. The number of rotatable bonds is 7. The average molecular weight is 392 g/mol. The quantitative estimate of drug-likeness (QED) is 0.570. The van der Waals surface area contributed by atoms with Gasteiger partial charge in [0.25, 0.3) is 0 Å². The molecule has 0 fully saturated rings. The predicted molar refractivity (Wildman–Crippen MR) is 117 cm³/mol. The number of carbonyl (C=O) groups excluding carboxylic acids is 2. The van der Waals surface area contributed by atoms with Crippen molar-refractivity contribution in [2.75, 3.05) is 13.1 Å². The Morgan fingerprint density at radius 2 is 1.66 bits per heavy atom. The lowest BCUT2D eigenvalue weighted by Crippen LogP contribution is -2.37. The molecule has 152 valence electrons. The van der Waals surface area contributed by atoms with Crippen molar-refractivity contribution in [1.29, 1.82) is 0 Å². The first-order chi connectivity index (χ1) is 13.9. The van der Waals surface area contributed by atoms with E-state index in [4.69, 9.17) is 0 Å². The monoisotopic (exact) mass is 391 g/mol. The second-order valence-electron chi connectivity index (χ2n) is 8.31. The van der Waals surface area contributed by atoms with Crippen LogP contribution >= 0.6 is 0 Å². The van der Waals surface area contributed by atoms with Crippen molar-refractivity contribution in [3.63, 3.8) is 0 Å². The highest BCUT2D eigenvalue weighted by Crippen LogP contribution is 2.30. The van der Waals surface area contributed by atoms with Gasteiger partial charge in [-0.15, -0.1) is 0 Å². The van der Waals surface area contributed by atoms with Gasteiger partial charge in [0, 0.05) is 47.9 Å². The smallest absolute Gasteiger partial charge is 0.225 e. The number of benzene rings is 2. The third-order valence-electron chi connectivity index (χ3n) is 5.02. The Balaban J connectivity index is 1.67. The summed E-state index contributed by atoms with van der Waals surface area (Å²) in [6.07, 6.45) is 2.29. The highest BCUT2D eigenvalue weighted by atomic mass is 16.2. The Morgan fingerprint density at radius 3 is 2.38 bits per heavy atom. The summed E-state index contributed by atoms with van der Waals surface area (Å²) in [5.41, 5.74) is 2.94. The van der Waals surface area contributed by atoms with Crippen LogP contribution in [0.3, 0.4) is 0 Å². The van der Waals surface area contributed by atoms with E-state index in [1.165, 1.54) is 0 Å². The SMILES string of the molecule is CC(C)(C)C(=O)NCCC(=O)NCC(c1ccccc1)c1c[nH]c2ccccc12. The van der Waals surface area contributed by atoms with Crippen molar-refractivity contribution in [2.45, 2.75) is 33.1 Å². The Morgan fingerprint density at radius 1 is 0.966 bits per heavy atom. The predicted octanol–water partition coefficient (Wildman–Crippen LogP) is 3.97. The Hall–Kier alpha value is -3.08. The summed E-state index contributed by atoms with van der Waals surface area (Å²) in [4.78, 5) is 27.6. The van der Waals surface area contributed by atoms with Gasteiger partial charge in [-0.25, -0.2) is 0 Å². The van der Waals surface area contributed by atoms with Gasteiger partial charge in [-0.3, -0.25) is 9.59 Å². The van der Waals surface area contributed by atoms with Crippen molar-refractivity contribution >= 4 is 22.7 Å². The number of carbonyl (C=O) groups is 2. The maximum atomic E-state index is 12.4. The van der Waals surface area contributed by atoms with Gasteiger partial charge in [0.15, 0.2) is 0 Å². The van der Waals surface area contributed by atoms with Crippen LogP contribution < -0.4 is 10.6 Å². The van der Waals surface area contributed by atoms with Gasteiger partial charge in [0.1, 0.15) is 0 Å². The molecule has 0 saturated carbocycles. The van der Waals surface area contributed by atoms with Crippen LogP contribution in [0.1, 0.15) is 44.2 Å². The minimum Gasteiger partial charge on any atom is -0.361 e. The highest BCUT2D eigenvalue weighted by Gasteiger charge is 2.21. The van der Waals surface area contributed by atoms with Crippen LogP contribution in [-0.2, 0) is 9.59 Å². The van der Waals surface area contributed by atoms with Crippen LogP contribution in [0.4, 0.5) is 0 Å². The van der Waals surface area contributed by atoms with Crippen molar-refractivity contribution < 1.29 is 9.59 Å². The molecule has 3 N–H and O–H groups in total. The Labute approximate surface area is 171 Å². The molecule has 0 saturated heterocycles. The van der Waals surface area contributed by atoms with Gasteiger partial charge in [-0.1, -0.05) is 69.3 Å². The normalized spacial score (nSPS) is 12.5. The fourth-order valence-corrected chi connectivity index (χ4v) is 3.33. The van der Waals surface area contributed by atoms with Crippen molar-refractivity contribution in [2.24, 2.45) is 5.41 Å². The number of amides is 2. The van der Waals surface area contributed by atoms with Gasteiger partial charge >= 0.3 is 0 Å². The molecule has 1 unspecified atom stereocenters. The molecule has 5 nitrogen and oxygen atoms in total. The van der Waals surface area contributed by atoms with Crippen LogP contribution in [-0.4, -0.2) is 29.9 Å². The minimum absolute atomic E-state index is 0.0421. The molecule has 0 spiro atoms. The van der Waals surface area contributed by atoms with Crippen LogP contribution in [0, 0.1) is 5.41 Å². The molecule has 29 heavy (non-hydrogen) atoms. The largest absolute Gasteiger partial charge is 0.361 e. The lowest BCUT2D eigenvalue weighted by Gasteiger charge is -2.19. The molecule has 2 aromatic carbocycles. The molecule has 0 bridgehead atoms. The Kier molecular flexibility index (Phi) is 6.37. The molecule has 1 heterocycles. The number of aromatic amines is 1. The summed E-state index contributed by atoms with van der Waals surface area (Å²) in [6, 6.07) is 18.4. The van der Waals surface area contributed by atoms with Crippen LogP contribution in [0.2, 0.25) is 0 Å². The minimum atomic E-state index is -0.454. The van der Waals surface area contributed by atoms with E-state index in [2.05, 4.69) is 39.9 Å². The standard InChI is InChI=1S/C24H29N3O2/c1-24(2,3)23(29)25-14-13-22(28)27-15-19(17-9-5-4-6-10-17)20-16-26-21-12-8-7-11-18(20)21/h4-12,16,19,26H,13-15H2,1-3H3,(H,25,29)(H,27,28). The van der Waals surface area contributed by atoms with Gasteiger partial charge in [0.05, 0.1) is 0 Å². The number of nitrogens with one attached hydrogen (secondary N) is 3. The zero-order valence-corrected chi connectivity index (χ0v) is 17.3. The van der Waals surface area contributed by atoms with E-state index in [-0.39, 0.29) is 24.2 Å². The van der Waals surface area contributed by atoms with Gasteiger partial charge < -0.3 is 15.6 Å². The maximum Gasteiger partial charge on any atom is 0.225 e. The summed E-state index contributed by atoms with van der Waals surface area (Å²) in [5, 5.41) is 7.02. The van der Waals surface area contributed by atoms with E-state index in [9.17, 15) is 9.59 Å². The van der Waals surface area contributed by atoms with Crippen LogP contribution in [0.25, 0.3) is 10.9 Å². The van der Waals surface area contributed by atoms with Gasteiger partial charge in [-0.2, -0.15) is 0 Å². The molecule has 1 atom stereocenters. The molecule has 5 heteroatoms. The third kappa shape index (κ3) is 5.25. The van der Waals surface area contributed by atoms with Crippen molar-refractivity contribution in [1.82, 2.24) is 15.6 Å². The van der Waals surface area contributed by atoms with E-state index >= 15 is 0 Å². The molecule has 0 aliphatic carbocycles. The summed E-state index contributed by atoms with van der Waals surface area (Å²) in [7, 11) is 0. The Bertz CT molecular complexity index is 970. The molecule has 3 aromatic rings. The molecule has 3 rings (SSSR count). The summed E-state index contributed by atoms with van der Waals surface area (Å²) in [6.45, 7) is 6.40. The number of hydrogen-bond donors (Lipinski definition) is 3. The molecule has 0 aliphatic rings. The first-order valence-electron chi connectivity index (χ1n) is 10.0. The third-order valence-corrected chi connectivity index (χ3v) is 5.02. The number of hydrogen-bond acceptors (Lipinski definition) is 2. The van der Waals surface area contributed by atoms with E-state index in [1.54, 1.807) is 0 Å². The van der Waals surface area contributed by atoms with Crippen LogP contribution in [0.15, 0.2) is 60.8 Å². The second-order valence-corrected chi connectivity index (χ2v) is 8.31. The molecule has 1 aromatic heterocycles. The van der Waals surface area contributed by atoms with E-state index in [0.717, 1.165) is 22.0 Å². The lowest BCUT2D eigenvalue weighted by atomic mass is 9.91. The average Bonchev–Trinajstić information content (AvgIpc) is 3.12. The number of para-hydroxylation sites is 1. The van der Waals surface area contributed by atoms with Gasteiger partial charge in [-0.05, 0) is 17.2 Å². The number of fused-ring (bicyclic) bond motifs is 1. The topological polar surface area (TPSA) is 74.0 Å². The summed E-state index contributed by atoms with van der Waals surface area (Å²) in [5.74, 6) is -0.0771. The molecule has 2 amide bonds. The molecular formula is C24H29N3O2. The van der Waals surface area contributed by atoms with E-state index in [0.29, 0.717) is 13.1 Å². The zero-order chi connectivity index (χ0) is 20.9. The number of aromatic nitrogens is 1. The fraction of sp³-hybridized carbons (Fsp3) is 0.333. The zero-order valence-electron chi connectivity index (χ0n) is 17.3. The van der Waals surface area contributed by atoms with E-state index < -0.39 is 5.41 Å². The van der Waals surface area contributed by atoms with Crippen LogP contribution in [0.5, 0.6) is 0 Å².